The van der Waals surface area contributed by atoms with E-state index in [1.54, 1.807) is 6.92 Å². The molecule has 1 aliphatic rings. The Morgan fingerprint density at radius 3 is 2.04 bits per heavy atom. The van der Waals surface area contributed by atoms with Crippen LogP contribution in [-0.4, -0.2) is 18.4 Å². The van der Waals surface area contributed by atoms with Crippen LogP contribution in [0.3, 0.4) is 0 Å². The van der Waals surface area contributed by atoms with Crippen LogP contribution in [0.1, 0.15) is 55.9 Å². The average Bonchev–Trinajstić information content (AvgIpc) is 2.39. The Bertz CT molecular complexity index is 609. The maximum atomic E-state index is 13.0. The van der Waals surface area contributed by atoms with Gasteiger partial charge in [-0.05, 0) is 62.6 Å². The molecule has 1 saturated carbocycles. The summed E-state index contributed by atoms with van der Waals surface area (Å²) in [6, 6.07) is 4.19. The number of benzene rings is 1. The Morgan fingerprint density at radius 1 is 1.09 bits per heavy atom. The third-order valence-corrected chi connectivity index (χ3v) is 4.94. The van der Waals surface area contributed by atoms with Crippen molar-refractivity contribution < 1.29 is 14.3 Å². The van der Waals surface area contributed by atoms with Crippen LogP contribution in [0.25, 0.3) is 0 Å². The van der Waals surface area contributed by atoms with Gasteiger partial charge in [-0.1, -0.05) is 31.5 Å². The average molecular weight is 316 g/mol. The standard InChI is InChI=1S/C20H28O3/c1-7-23-18(22)20(11-19(5,6)12-20)17(21)10-16-14(3)8-13(2)9-15(16)4/h8-9H,7,10-12H2,1-6H3. The van der Waals surface area contributed by atoms with Gasteiger partial charge in [0.25, 0.3) is 0 Å². The minimum Gasteiger partial charge on any atom is -0.465 e. The fraction of sp³-hybridized carbons (Fsp3) is 0.600. The summed E-state index contributed by atoms with van der Waals surface area (Å²) in [6.45, 7) is 12.4. The van der Waals surface area contributed by atoms with Crippen LogP contribution in [0.2, 0.25) is 0 Å². The van der Waals surface area contributed by atoms with E-state index >= 15 is 0 Å². The number of ketones is 1. The summed E-state index contributed by atoms with van der Waals surface area (Å²) in [5.74, 6) is -0.336. The van der Waals surface area contributed by atoms with Crippen LogP contribution < -0.4 is 0 Å². The van der Waals surface area contributed by atoms with Gasteiger partial charge >= 0.3 is 5.97 Å². The van der Waals surface area contributed by atoms with Gasteiger partial charge in [0.15, 0.2) is 5.78 Å². The highest BCUT2D eigenvalue weighted by molar-refractivity contribution is 6.06. The molecule has 1 aromatic carbocycles. The quantitative estimate of drug-likeness (QED) is 0.607. The largest absolute Gasteiger partial charge is 0.465 e. The molecular formula is C20H28O3. The molecule has 1 aliphatic carbocycles. The number of hydrogen-bond acceptors (Lipinski definition) is 3. The highest BCUT2D eigenvalue weighted by Gasteiger charge is 2.59. The summed E-state index contributed by atoms with van der Waals surface area (Å²) in [6.07, 6.45) is 1.48. The SMILES string of the molecule is CCOC(=O)C1(C(=O)Cc2c(C)cc(C)cc2C)CC(C)(C)C1. The first-order valence-corrected chi connectivity index (χ1v) is 8.38. The molecule has 0 heterocycles. The molecule has 0 aliphatic heterocycles. The molecule has 0 N–H and O–H groups in total. The summed E-state index contributed by atoms with van der Waals surface area (Å²) in [5.41, 5.74) is 3.57. The summed E-state index contributed by atoms with van der Waals surface area (Å²) >= 11 is 0. The highest BCUT2D eigenvalue weighted by atomic mass is 16.5. The van der Waals surface area contributed by atoms with Gasteiger partial charge in [0, 0.05) is 6.42 Å². The van der Waals surface area contributed by atoms with E-state index in [1.807, 2.05) is 13.8 Å². The molecule has 0 saturated heterocycles. The van der Waals surface area contributed by atoms with Crippen LogP contribution in [0.15, 0.2) is 12.1 Å². The number of hydrogen-bond donors (Lipinski definition) is 0. The van der Waals surface area contributed by atoms with Crippen molar-refractivity contribution >= 4 is 11.8 Å². The zero-order chi connectivity index (χ0) is 17.4. The van der Waals surface area contributed by atoms with Crippen LogP contribution in [-0.2, 0) is 20.7 Å². The predicted molar refractivity (Wildman–Crippen MR) is 91.4 cm³/mol. The number of rotatable bonds is 5. The molecule has 1 aromatic rings. The Morgan fingerprint density at radius 2 is 1.61 bits per heavy atom. The molecule has 3 nitrogen and oxygen atoms in total. The van der Waals surface area contributed by atoms with Gasteiger partial charge < -0.3 is 4.74 Å². The molecule has 0 spiro atoms. The molecule has 2 rings (SSSR count). The van der Waals surface area contributed by atoms with Crippen molar-refractivity contribution in [3.05, 3.63) is 34.4 Å². The summed E-state index contributed by atoms with van der Waals surface area (Å²) in [4.78, 5) is 25.5. The van der Waals surface area contributed by atoms with E-state index in [1.165, 1.54) is 5.56 Å². The second kappa shape index (κ2) is 6.10. The number of carbonyl (C=O) groups is 2. The molecule has 0 atom stereocenters. The number of aryl methyl sites for hydroxylation is 3. The van der Waals surface area contributed by atoms with Crippen molar-refractivity contribution in [1.29, 1.82) is 0 Å². The first kappa shape index (κ1) is 17.7. The fourth-order valence-corrected chi connectivity index (χ4v) is 4.13. The summed E-state index contributed by atoms with van der Waals surface area (Å²) < 4.78 is 5.22. The maximum absolute atomic E-state index is 13.0. The Hall–Kier alpha value is -1.64. The first-order chi connectivity index (χ1) is 10.6. The molecule has 0 aromatic heterocycles. The van der Waals surface area contributed by atoms with Gasteiger partial charge in [0.05, 0.1) is 6.61 Å². The normalized spacial score (nSPS) is 18.2. The third-order valence-electron chi connectivity index (χ3n) is 4.94. The Kier molecular flexibility index (Phi) is 4.70. The van der Waals surface area contributed by atoms with Crippen molar-refractivity contribution in [3.8, 4) is 0 Å². The van der Waals surface area contributed by atoms with Gasteiger partial charge in [-0.25, -0.2) is 0 Å². The predicted octanol–water partition coefficient (Wildman–Crippen LogP) is 4.09. The minimum absolute atomic E-state index is 0.00493. The van der Waals surface area contributed by atoms with Crippen molar-refractivity contribution in [2.75, 3.05) is 6.61 Å². The van der Waals surface area contributed by atoms with Gasteiger partial charge in [-0.3, -0.25) is 9.59 Å². The second-order valence-corrected chi connectivity index (χ2v) is 7.80. The molecule has 0 radical (unpaired) electrons. The van der Waals surface area contributed by atoms with E-state index in [0.717, 1.165) is 16.7 Å². The van der Waals surface area contributed by atoms with E-state index in [9.17, 15) is 9.59 Å². The second-order valence-electron chi connectivity index (χ2n) is 7.80. The fourth-order valence-electron chi connectivity index (χ4n) is 4.13. The lowest BCUT2D eigenvalue weighted by Gasteiger charge is -2.50. The molecule has 0 amide bonds. The molecule has 23 heavy (non-hydrogen) atoms. The summed E-state index contributed by atoms with van der Waals surface area (Å²) in [7, 11) is 0. The lowest BCUT2D eigenvalue weighted by Crippen LogP contribution is -2.55. The first-order valence-electron chi connectivity index (χ1n) is 8.38. The summed E-state index contributed by atoms with van der Waals surface area (Å²) in [5, 5.41) is 0. The smallest absolute Gasteiger partial charge is 0.319 e. The molecule has 126 valence electrons. The highest BCUT2D eigenvalue weighted by Crippen LogP contribution is 2.55. The van der Waals surface area contributed by atoms with Gasteiger partial charge in [-0.15, -0.1) is 0 Å². The van der Waals surface area contributed by atoms with Crippen molar-refractivity contribution in [2.45, 2.75) is 60.8 Å². The number of esters is 1. The monoisotopic (exact) mass is 316 g/mol. The third kappa shape index (κ3) is 3.34. The minimum atomic E-state index is -0.941. The molecule has 0 bridgehead atoms. The van der Waals surface area contributed by atoms with Crippen molar-refractivity contribution in [1.82, 2.24) is 0 Å². The molecular weight excluding hydrogens is 288 g/mol. The molecule has 1 fully saturated rings. The molecule has 0 unspecified atom stereocenters. The zero-order valence-corrected chi connectivity index (χ0v) is 15.2. The Labute approximate surface area is 139 Å². The lowest BCUT2D eigenvalue weighted by atomic mass is 9.52. The van der Waals surface area contributed by atoms with E-state index in [0.29, 0.717) is 25.9 Å². The zero-order valence-electron chi connectivity index (χ0n) is 15.2. The van der Waals surface area contributed by atoms with E-state index in [-0.39, 0.29) is 17.2 Å². The van der Waals surface area contributed by atoms with Crippen LogP contribution in [0, 0.1) is 31.6 Å². The lowest BCUT2D eigenvalue weighted by molar-refractivity contribution is -0.175. The van der Waals surface area contributed by atoms with Crippen molar-refractivity contribution in [2.24, 2.45) is 10.8 Å². The Balaban J connectivity index is 2.28. The maximum Gasteiger partial charge on any atom is 0.319 e. The van der Waals surface area contributed by atoms with Crippen LogP contribution in [0.5, 0.6) is 0 Å². The van der Waals surface area contributed by atoms with Crippen LogP contribution >= 0.6 is 0 Å². The van der Waals surface area contributed by atoms with Gasteiger partial charge in [0.1, 0.15) is 5.41 Å². The van der Waals surface area contributed by atoms with Crippen molar-refractivity contribution in [3.63, 3.8) is 0 Å². The number of Topliss-reactive ketones (excluding diaryl/α,β-unsaturated/α-hetero) is 1. The van der Waals surface area contributed by atoms with E-state index in [2.05, 4.69) is 32.9 Å². The van der Waals surface area contributed by atoms with Gasteiger partial charge in [0.2, 0.25) is 0 Å². The van der Waals surface area contributed by atoms with E-state index in [4.69, 9.17) is 4.74 Å². The van der Waals surface area contributed by atoms with Gasteiger partial charge in [-0.2, -0.15) is 0 Å². The van der Waals surface area contributed by atoms with Crippen LogP contribution in [0.4, 0.5) is 0 Å². The topological polar surface area (TPSA) is 43.4 Å². The number of carbonyl (C=O) groups excluding carboxylic acids is 2. The number of ether oxygens (including phenoxy) is 1. The van der Waals surface area contributed by atoms with E-state index < -0.39 is 5.41 Å². The molecule has 3 heteroatoms.